The van der Waals surface area contributed by atoms with Crippen LogP contribution in [0.2, 0.25) is 0 Å². The highest BCUT2D eigenvalue weighted by molar-refractivity contribution is 6.06. The van der Waals surface area contributed by atoms with Crippen LogP contribution in [0.4, 0.5) is 18.9 Å². The smallest absolute Gasteiger partial charge is 0.405 e. The largest absolute Gasteiger partial charge is 0.477 e. The molecular weight excluding hydrogens is 619 g/mol. The molecule has 0 atom stereocenters. The molecule has 0 unspecified atom stereocenters. The molecule has 4 aromatic carbocycles. The first kappa shape index (κ1) is 32.3. The first-order chi connectivity index (χ1) is 23.2. The van der Waals surface area contributed by atoms with Crippen molar-refractivity contribution in [3.05, 3.63) is 138 Å². The zero-order valence-electron chi connectivity index (χ0n) is 26.0. The Morgan fingerprint density at radius 3 is 2.12 bits per heavy atom. The van der Waals surface area contributed by atoms with E-state index in [9.17, 15) is 22.8 Å². The van der Waals surface area contributed by atoms with Crippen LogP contribution in [0.3, 0.4) is 0 Å². The van der Waals surface area contributed by atoms with Crippen molar-refractivity contribution in [2.75, 3.05) is 18.5 Å². The number of benzene rings is 4. The molecule has 48 heavy (non-hydrogen) atoms. The van der Waals surface area contributed by atoms with Crippen molar-refractivity contribution in [1.82, 2.24) is 10.3 Å². The number of aromatic nitrogens is 1. The lowest BCUT2D eigenvalue weighted by Gasteiger charge is -2.31. The number of anilines is 1. The molecule has 244 valence electrons. The molecule has 0 fully saturated rings. The van der Waals surface area contributed by atoms with Crippen LogP contribution in [-0.2, 0) is 10.2 Å². The van der Waals surface area contributed by atoms with Gasteiger partial charge in [0, 0.05) is 5.56 Å². The highest BCUT2D eigenvalue weighted by Crippen LogP contribution is 2.51. The second-order valence-electron chi connectivity index (χ2n) is 11.5. The van der Waals surface area contributed by atoms with Gasteiger partial charge in [0.05, 0.1) is 24.1 Å². The molecule has 0 saturated carbocycles. The van der Waals surface area contributed by atoms with E-state index in [1.165, 1.54) is 6.20 Å². The van der Waals surface area contributed by atoms with E-state index < -0.39 is 24.0 Å². The van der Waals surface area contributed by atoms with Crippen LogP contribution in [-0.4, -0.2) is 36.1 Å². The van der Waals surface area contributed by atoms with E-state index in [2.05, 4.69) is 15.6 Å². The van der Waals surface area contributed by atoms with Crippen molar-refractivity contribution in [3.63, 3.8) is 0 Å². The summed E-state index contributed by atoms with van der Waals surface area (Å²) in [6.45, 7) is 0.522. The maximum Gasteiger partial charge on any atom is 0.405 e. The number of para-hydroxylation sites is 2. The molecule has 5 aromatic rings. The predicted octanol–water partition coefficient (Wildman–Crippen LogP) is 8.24. The number of amides is 2. The molecule has 2 amide bonds. The number of nitrogens with one attached hydrogen (secondary N) is 2. The number of fused-ring (bicyclic) bond motifs is 3. The van der Waals surface area contributed by atoms with E-state index in [1.54, 1.807) is 73.7 Å². The summed E-state index contributed by atoms with van der Waals surface area (Å²) >= 11 is 0. The lowest BCUT2D eigenvalue weighted by molar-refractivity contribution is -0.141. The zero-order valence-corrected chi connectivity index (χ0v) is 26.0. The normalized spacial score (nSPS) is 12.8. The molecule has 7 nitrogen and oxygen atoms in total. The van der Waals surface area contributed by atoms with Gasteiger partial charge in [-0.15, -0.1) is 0 Å². The minimum Gasteiger partial charge on any atom is -0.477 e. The minimum absolute atomic E-state index is 0.155. The molecule has 0 aliphatic heterocycles. The number of hydrogen-bond acceptors (Lipinski definition) is 5. The molecule has 10 heteroatoms. The molecule has 0 spiro atoms. The summed E-state index contributed by atoms with van der Waals surface area (Å²) in [4.78, 5) is 31.3. The van der Waals surface area contributed by atoms with Crippen molar-refractivity contribution in [2.24, 2.45) is 0 Å². The van der Waals surface area contributed by atoms with Crippen LogP contribution in [0.15, 0.2) is 115 Å². The van der Waals surface area contributed by atoms with Crippen LogP contribution in [0.25, 0.3) is 11.1 Å². The summed E-state index contributed by atoms with van der Waals surface area (Å²) < 4.78 is 51.4. The number of rotatable bonds is 11. The Bertz CT molecular complexity index is 1900. The number of pyridine rings is 1. The third-order valence-electron chi connectivity index (χ3n) is 8.23. The van der Waals surface area contributed by atoms with E-state index in [1.807, 2.05) is 42.5 Å². The maximum absolute atomic E-state index is 13.7. The number of ether oxygens (including phenoxy) is 2. The second kappa shape index (κ2) is 13.6. The van der Waals surface area contributed by atoms with Gasteiger partial charge in [0.2, 0.25) is 11.8 Å². The highest BCUT2D eigenvalue weighted by Gasteiger charge is 2.49. The molecule has 0 bridgehead atoms. The third-order valence-corrected chi connectivity index (χ3v) is 8.23. The Kier molecular flexibility index (Phi) is 9.16. The fourth-order valence-electron chi connectivity index (χ4n) is 6.13. The minimum atomic E-state index is -4.55. The van der Waals surface area contributed by atoms with Gasteiger partial charge in [-0.25, -0.2) is 4.98 Å². The van der Waals surface area contributed by atoms with Gasteiger partial charge in [0.1, 0.15) is 23.5 Å². The molecule has 2 N–H and O–H groups in total. The van der Waals surface area contributed by atoms with E-state index in [0.717, 1.165) is 11.1 Å². The molecule has 1 aliphatic rings. The molecule has 1 aromatic heterocycles. The molecular formula is C38H32F3N3O4. The van der Waals surface area contributed by atoms with Crippen molar-refractivity contribution >= 4 is 17.5 Å². The first-order valence-electron chi connectivity index (χ1n) is 15.4. The fourth-order valence-corrected chi connectivity index (χ4v) is 6.13. The number of carbonyl (C=O) groups excluding carboxylic acids is 2. The van der Waals surface area contributed by atoms with Gasteiger partial charge in [-0.05, 0) is 72.4 Å². The van der Waals surface area contributed by atoms with Gasteiger partial charge in [0.25, 0.3) is 5.91 Å². The summed E-state index contributed by atoms with van der Waals surface area (Å²) in [6, 6.07) is 32.4. The summed E-state index contributed by atoms with van der Waals surface area (Å²) in [5.41, 5.74) is 3.12. The van der Waals surface area contributed by atoms with Crippen LogP contribution in [0.1, 0.15) is 39.9 Å². The van der Waals surface area contributed by atoms with Gasteiger partial charge in [-0.3, -0.25) is 9.59 Å². The van der Waals surface area contributed by atoms with Crippen molar-refractivity contribution in [3.8, 4) is 28.5 Å². The van der Waals surface area contributed by atoms with E-state index >= 15 is 0 Å². The van der Waals surface area contributed by atoms with Crippen molar-refractivity contribution < 1.29 is 32.2 Å². The van der Waals surface area contributed by atoms with Gasteiger partial charge in [-0.2, -0.15) is 13.2 Å². The Hall–Kier alpha value is -5.64. The predicted molar refractivity (Wildman–Crippen MR) is 176 cm³/mol. The number of nitrogens with zero attached hydrogens (tertiary/aromatic N) is 1. The Balaban J connectivity index is 1.14. The summed E-state index contributed by atoms with van der Waals surface area (Å²) in [6.07, 6.45) is -2.51. The topological polar surface area (TPSA) is 89.6 Å². The standard InChI is InChI=1S/C38H32F3N3O4/c1-25-22-26(44-34(45)30-16-7-10-19-33(30)48-27-12-3-2-4-13-27)23-42-35(25)47-21-11-20-37(36(46)43-24-38(39,40)41)31-17-8-5-14-28(31)29-15-6-9-18-32(29)37/h2-10,12-19,22-23H,11,20-21,24H2,1H3,(H,43,46)(H,44,45). The third kappa shape index (κ3) is 6.73. The number of aryl methyl sites for hydroxylation is 1. The lowest BCUT2D eigenvalue weighted by atomic mass is 9.73. The SMILES string of the molecule is Cc1cc(NC(=O)c2ccccc2Oc2ccccc2)cnc1OCCCC1(C(=O)NCC(F)(F)F)c2ccccc2-c2ccccc21. The van der Waals surface area contributed by atoms with Crippen LogP contribution < -0.4 is 20.1 Å². The number of halogens is 3. The Morgan fingerprint density at radius 2 is 1.46 bits per heavy atom. The quantitative estimate of drug-likeness (QED) is 0.141. The Labute approximate surface area is 275 Å². The number of carbonyl (C=O) groups is 2. The molecule has 0 radical (unpaired) electrons. The lowest BCUT2D eigenvalue weighted by Crippen LogP contribution is -2.47. The average Bonchev–Trinajstić information content (AvgIpc) is 3.37. The second-order valence-corrected chi connectivity index (χ2v) is 11.5. The van der Waals surface area contributed by atoms with Crippen LogP contribution in [0.5, 0.6) is 17.4 Å². The van der Waals surface area contributed by atoms with Crippen molar-refractivity contribution in [1.29, 1.82) is 0 Å². The summed E-state index contributed by atoms with van der Waals surface area (Å²) in [5, 5.41) is 5.00. The van der Waals surface area contributed by atoms with Gasteiger partial charge >= 0.3 is 6.18 Å². The average molecular weight is 652 g/mol. The summed E-state index contributed by atoms with van der Waals surface area (Å²) in [5.74, 6) is 0.266. The number of alkyl halides is 3. The molecule has 1 heterocycles. The van der Waals surface area contributed by atoms with Gasteiger partial charge in [0.15, 0.2) is 0 Å². The molecule has 6 rings (SSSR count). The van der Waals surface area contributed by atoms with E-state index in [0.29, 0.717) is 51.7 Å². The van der Waals surface area contributed by atoms with Gasteiger partial charge < -0.3 is 20.1 Å². The zero-order chi connectivity index (χ0) is 33.7. The monoisotopic (exact) mass is 651 g/mol. The van der Waals surface area contributed by atoms with E-state index in [-0.39, 0.29) is 18.9 Å². The van der Waals surface area contributed by atoms with E-state index in [4.69, 9.17) is 9.47 Å². The highest BCUT2D eigenvalue weighted by atomic mass is 19.4. The summed E-state index contributed by atoms with van der Waals surface area (Å²) in [7, 11) is 0. The fraction of sp³-hybridized carbons (Fsp3) is 0.184. The first-order valence-corrected chi connectivity index (χ1v) is 15.4. The van der Waals surface area contributed by atoms with Gasteiger partial charge in [-0.1, -0.05) is 78.9 Å². The molecule has 1 aliphatic carbocycles. The maximum atomic E-state index is 13.7. The molecule has 0 saturated heterocycles. The van der Waals surface area contributed by atoms with Crippen molar-refractivity contribution in [2.45, 2.75) is 31.4 Å². The number of hydrogen-bond donors (Lipinski definition) is 2. The van der Waals surface area contributed by atoms with Crippen LogP contribution >= 0.6 is 0 Å². The van der Waals surface area contributed by atoms with Crippen LogP contribution in [0, 0.1) is 6.92 Å². The Morgan fingerprint density at radius 1 is 0.833 bits per heavy atom.